The van der Waals surface area contributed by atoms with Gasteiger partial charge in [-0.3, -0.25) is 0 Å². The zero-order valence-electron chi connectivity index (χ0n) is 5.02. The Bertz CT molecular complexity index is 63.4. The Morgan fingerprint density at radius 3 is 2.12 bits per heavy atom. The average molecular weight is 117 g/mol. The molecular weight excluding hydrogens is 106 g/mol. The first-order chi connectivity index (χ1) is 3.77. The van der Waals surface area contributed by atoms with Crippen molar-refractivity contribution in [2.45, 2.75) is 6.92 Å². The molecule has 0 radical (unpaired) electrons. The summed E-state index contributed by atoms with van der Waals surface area (Å²) in [6.45, 7) is 8.06. The van der Waals surface area contributed by atoms with Gasteiger partial charge < -0.3 is 10.5 Å². The van der Waals surface area contributed by atoms with Gasteiger partial charge in [0.05, 0.1) is 6.61 Å². The predicted octanol–water partition coefficient (Wildman–Crippen LogP) is 0.904. The molecule has 1 amide bonds. The number of rotatable bonds is 1. The van der Waals surface area contributed by atoms with Crippen molar-refractivity contribution in [1.82, 2.24) is 0 Å². The van der Waals surface area contributed by atoms with E-state index in [1.165, 1.54) is 0 Å². The molecule has 0 saturated carbocycles. The highest BCUT2D eigenvalue weighted by Gasteiger charge is 1.82. The molecule has 3 nitrogen and oxygen atoms in total. The monoisotopic (exact) mass is 117 g/mol. The van der Waals surface area contributed by atoms with Gasteiger partial charge in [0, 0.05) is 0 Å². The Labute approximate surface area is 49.1 Å². The van der Waals surface area contributed by atoms with E-state index >= 15 is 0 Å². The van der Waals surface area contributed by atoms with Crippen LogP contribution >= 0.6 is 0 Å². The molecular formula is C5H11NO2. The van der Waals surface area contributed by atoms with E-state index in [0.717, 1.165) is 0 Å². The van der Waals surface area contributed by atoms with Crippen molar-refractivity contribution in [3.63, 3.8) is 0 Å². The van der Waals surface area contributed by atoms with Crippen LogP contribution in [0.4, 0.5) is 4.79 Å². The lowest BCUT2D eigenvalue weighted by Gasteiger charge is -1.89. The van der Waals surface area contributed by atoms with Crippen molar-refractivity contribution < 1.29 is 9.53 Å². The lowest BCUT2D eigenvalue weighted by atomic mass is 10.9. The summed E-state index contributed by atoms with van der Waals surface area (Å²) in [6.07, 6.45) is -0.711. The van der Waals surface area contributed by atoms with Gasteiger partial charge in [0.2, 0.25) is 0 Å². The summed E-state index contributed by atoms with van der Waals surface area (Å²) in [4.78, 5) is 9.60. The molecule has 0 rings (SSSR count). The summed E-state index contributed by atoms with van der Waals surface area (Å²) in [5.74, 6) is 0. The van der Waals surface area contributed by atoms with E-state index in [1.807, 2.05) is 0 Å². The Hall–Kier alpha value is -0.990. The number of ether oxygens (including phenoxy) is 1. The fraction of sp³-hybridized carbons (Fsp3) is 0.400. The van der Waals surface area contributed by atoms with Gasteiger partial charge in [0.1, 0.15) is 0 Å². The number of hydrogen-bond donors (Lipinski definition) is 1. The number of hydrogen-bond acceptors (Lipinski definition) is 2. The largest absolute Gasteiger partial charge is 0.450 e. The normalized spacial score (nSPS) is 6.12. The van der Waals surface area contributed by atoms with Crippen LogP contribution in [0.5, 0.6) is 0 Å². The summed E-state index contributed by atoms with van der Waals surface area (Å²) >= 11 is 0. The fourth-order valence-corrected chi connectivity index (χ4v) is 0.142. The number of nitrogens with two attached hydrogens (primary N) is 1. The average Bonchev–Trinajstić information content (AvgIpc) is 1.72. The molecule has 2 N–H and O–H groups in total. The third-order valence-electron chi connectivity index (χ3n) is 0.287. The molecule has 0 aliphatic carbocycles. The van der Waals surface area contributed by atoms with Crippen LogP contribution < -0.4 is 5.73 Å². The second kappa shape index (κ2) is 9.38. The summed E-state index contributed by atoms with van der Waals surface area (Å²) in [7, 11) is 0. The molecule has 0 bridgehead atoms. The maximum Gasteiger partial charge on any atom is 0.404 e. The quantitative estimate of drug-likeness (QED) is 0.519. The molecule has 0 saturated heterocycles. The Balaban J connectivity index is 0. The van der Waals surface area contributed by atoms with E-state index in [4.69, 9.17) is 0 Å². The molecule has 48 valence electrons. The highest BCUT2D eigenvalue weighted by atomic mass is 16.5. The molecule has 0 aromatic carbocycles. The molecule has 0 spiro atoms. The number of amides is 1. The summed E-state index contributed by atoms with van der Waals surface area (Å²) in [6, 6.07) is 0. The van der Waals surface area contributed by atoms with E-state index in [0.29, 0.717) is 6.61 Å². The number of carbonyl (C=O) groups excluding carboxylic acids is 1. The van der Waals surface area contributed by atoms with Crippen LogP contribution in [-0.4, -0.2) is 12.7 Å². The van der Waals surface area contributed by atoms with Crippen LogP contribution in [0.1, 0.15) is 6.92 Å². The van der Waals surface area contributed by atoms with Crippen LogP contribution in [0.3, 0.4) is 0 Å². The van der Waals surface area contributed by atoms with Gasteiger partial charge in [0.25, 0.3) is 0 Å². The highest BCUT2D eigenvalue weighted by Crippen LogP contribution is 1.66. The van der Waals surface area contributed by atoms with Gasteiger partial charge in [-0.25, -0.2) is 4.79 Å². The van der Waals surface area contributed by atoms with E-state index < -0.39 is 6.09 Å². The third kappa shape index (κ3) is 19.9. The first-order valence-corrected chi connectivity index (χ1v) is 2.19. The van der Waals surface area contributed by atoms with Crippen LogP contribution in [0.25, 0.3) is 0 Å². The van der Waals surface area contributed by atoms with Crippen LogP contribution in [0, 0.1) is 0 Å². The molecule has 0 aromatic rings. The van der Waals surface area contributed by atoms with Crippen molar-refractivity contribution in [2.75, 3.05) is 6.61 Å². The van der Waals surface area contributed by atoms with E-state index in [2.05, 4.69) is 23.6 Å². The SMILES string of the molecule is C=C.CCOC(N)=O. The Kier molecular flexibility index (Phi) is 11.8. The standard InChI is InChI=1S/C3H7NO2.C2H4/c1-2-6-3(4)5;1-2/h2H2,1H3,(H2,4,5);1-2H2. The molecule has 0 aromatic heterocycles. The van der Waals surface area contributed by atoms with Gasteiger partial charge in [-0.15, -0.1) is 13.2 Å². The first kappa shape index (κ1) is 10.1. The first-order valence-electron chi connectivity index (χ1n) is 2.19. The van der Waals surface area contributed by atoms with Gasteiger partial charge in [-0.1, -0.05) is 0 Å². The molecule has 0 fully saturated rings. The van der Waals surface area contributed by atoms with Crippen molar-refractivity contribution in [3.05, 3.63) is 13.2 Å². The third-order valence-corrected chi connectivity index (χ3v) is 0.287. The van der Waals surface area contributed by atoms with Gasteiger partial charge in [0.15, 0.2) is 0 Å². The molecule has 0 atom stereocenters. The number of primary amides is 1. The number of carbonyl (C=O) groups is 1. The highest BCUT2D eigenvalue weighted by molar-refractivity contribution is 5.64. The lowest BCUT2D eigenvalue weighted by Crippen LogP contribution is -2.11. The van der Waals surface area contributed by atoms with Crippen molar-refractivity contribution in [2.24, 2.45) is 5.73 Å². The molecule has 3 heteroatoms. The minimum Gasteiger partial charge on any atom is -0.450 e. The van der Waals surface area contributed by atoms with Crippen LogP contribution in [0.15, 0.2) is 13.2 Å². The van der Waals surface area contributed by atoms with Crippen molar-refractivity contribution >= 4 is 6.09 Å². The van der Waals surface area contributed by atoms with Gasteiger partial charge in [-0.05, 0) is 6.92 Å². The molecule has 0 heterocycles. The zero-order chi connectivity index (χ0) is 6.99. The van der Waals surface area contributed by atoms with Crippen LogP contribution in [-0.2, 0) is 4.74 Å². The maximum atomic E-state index is 9.60. The van der Waals surface area contributed by atoms with E-state index in [9.17, 15) is 4.79 Å². The minimum atomic E-state index is -0.711. The molecule has 0 unspecified atom stereocenters. The smallest absolute Gasteiger partial charge is 0.404 e. The van der Waals surface area contributed by atoms with Crippen molar-refractivity contribution in [1.29, 1.82) is 0 Å². The molecule has 8 heavy (non-hydrogen) atoms. The summed E-state index contributed by atoms with van der Waals surface area (Å²) < 4.78 is 4.18. The maximum absolute atomic E-state index is 9.60. The van der Waals surface area contributed by atoms with Gasteiger partial charge >= 0.3 is 6.09 Å². The second-order valence-corrected chi connectivity index (χ2v) is 0.752. The van der Waals surface area contributed by atoms with Crippen molar-refractivity contribution in [3.8, 4) is 0 Å². The van der Waals surface area contributed by atoms with Gasteiger partial charge in [-0.2, -0.15) is 0 Å². The summed E-state index contributed by atoms with van der Waals surface area (Å²) in [5, 5.41) is 0. The summed E-state index contributed by atoms with van der Waals surface area (Å²) in [5.41, 5.74) is 4.54. The minimum absolute atomic E-state index is 0.356. The Morgan fingerprint density at radius 1 is 1.75 bits per heavy atom. The molecule has 0 aliphatic rings. The fourth-order valence-electron chi connectivity index (χ4n) is 0.142. The van der Waals surface area contributed by atoms with E-state index in [-0.39, 0.29) is 0 Å². The predicted molar refractivity (Wildman–Crippen MR) is 32.5 cm³/mol. The second-order valence-electron chi connectivity index (χ2n) is 0.752. The Morgan fingerprint density at radius 2 is 2.12 bits per heavy atom. The lowest BCUT2D eigenvalue weighted by molar-refractivity contribution is 0.163. The van der Waals surface area contributed by atoms with E-state index in [1.54, 1.807) is 6.92 Å². The topological polar surface area (TPSA) is 52.3 Å². The molecule has 0 aliphatic heterocycles. The zero-order valence-corrected chi connectivity index (χ0v) is 5.02. The van der Waals surface area contributed by atoms with Crippen LogP contribution in [0.2, 0.25) is 0 Å².